The summed E-state index contributed by atoms with van der Waals surface area (Å²) in [6, 6.07) is 8.86. The number of hydrogen-bond donors (Lipinski definition) is 0. The average Bonchev–Trinajstić information content (AvgIpc) is 2.40. The molecule has 0 N–H and O–H groups in total. The molecule has 0 amide bonds. The van der Waals surface area contributed by atoms with Gasteiger partial charge in [-0.2, -0.15) is 13.2 Å². The van der Waals surface area contributed by atoms with Crippen molar-refractivity contribution >= 4 is 33.3 Å². The van der Waals surface area contributed by atoms with Crippen LogP contribution in [0.3, 0.4) is 0 Å². The van der Waals surface area contributed by atoms with Crippen LogP contribution in [0.1, 0.15) is 21.5 Å². The quantitative estimate of drug-likeness (QED) is 0.657. The number of alkyl halides is 3. The monoisotopic (exact) mass is 362 g/mol. The van der Waals surface area contributed by atoms with Crippen LogP contribution in [0.5, 0.6) is 0 Å². The maximum Gasteiger partial charge on any atom is 0.416 e. The molecule has 1 nitrogen and oxygen atoms in total. The van der Waals surface area contributed by atoms with E-state index in [0.717, 1.165) is 24.3 Å². The number of ketones is 1. The second kappa shape index (κ2) is 5.58. The summed E-state index contributed by atoms with van der Waals surface area (Å²) in [4.78, 5) is 12.2. The van der Waals surface area contributed by atoms with E-state index >= 15 is 0 Å². The molecule has 0 radical (unpaired) electrons. The molecule has 0 fully saturated rings. The number of halogens is 5. The van der Waals surface area contributed by atoms with Crippen LogP contribution in [0, 0.1) is 0 Å². The van der Waals surface area contributed by atoms with Crippen molar-refractivity contribution in [2.45, 2.75) is 6.18 Å². The lowest BCUT2D eigenvalue weighted by atomic mass is 10.0. The van der Waals surface area contributed by atoms with Crippen molar-refractivity contribution in [3.63, 3.8) is 0 Å². The van der Waals surface area contributed by atoms with Crippen LogP contribution >= 0.6 is 27.5 Å². The van der Waals surface area contributed by atoms with E-state index in [1.165, 1.54) is 6.07 Å². The van der Waals surface area contributed by atoms with Gasteiger partial charge in [0.2, 0.25) is 0 Å². The van der Waals surface area contributed by atoms with Gasteiger partial charge in [0.1, 0.15) is 0 Å². The maximum absolute atomic E-state index is 12.4. The molecule has 0 atom stereocenters. The third-order valence-corrected chi connectivity index (χ3v) is 3.97. The van der Waals surface area contributed by atoms with E-state index in [9.17, 15) is 18.0 Å². The molecule has 20 heavy (non-hydrogen) atoms. The van der Waals surface area contributed by atoms with Crippen LogP contribution < -0.4 is 0 Å². The summed E-state index contributed by atoms with van der Waals surface area (Å²) in [7, 11) is 0. The molecular weight excluding hydrogens is 357 g/mol. The van der Waals surface area contributed by atoms with Crippen LogP contribution in [0.4, 0.5) is 13.2 Å². The van der Waals surface area contributed by atoms with Crippen molar-refractivity contribution in [1.29, 1.82) is 0 Å². The molecule has 0 heterocycles. The SMILES string of the molecule is O=C(c1ccc(C(F)(F)F)cc1)c1cccc(Br)c1Cl. The minimum absolute atomic E-state index is 0.151. The van der Waals surface area contributed by atoms with Crippen LogP contribution in [0.15, 0.2) is 46.9 Å². The fourth-order valence-corrected chi connectivity index (χ4v) is 2.22. The summed E-state index contributed by atoms with van der Waals surface area (Å²) in [5.74, 6) is -0.426. The number of carbonyl (C=O) groups excluding carboxylic acids is 1. The Hall–Kier alpha value is -1.33. The Morgan fingerprint density at radius 2 is 1.65 bits per heavy atom. The van der Waals surface area contributed by atoms with Gasteiger partial charge < -0.3 is 0 Å². The Kier molecular flexibility index (Phi) is 4.20. The zero-order chi connectivity index (χ0) is 14.9. The number of carbonyl (C=O) groups is 1. The van der Waals surface area contributed by atoms with Gasteiger partial charge in [-0.1, -0.05) is 29.8 Å². The second-order valence-electron chi connectivity index (χ2n) is 4.01. The van der Waals surface area contributed by atoms with E-state index < -0.39 is 17.5 Å². The lowest BCUT2D eigenvalue weighted by Gasteiger charge is -2.08. The summed E-state index contributed by atoms with van der Waals surface area (Å²) in [5.41, 5.74) is -0.409. The van der Waals surface area contributed by atoms with E-state index in [0.29, 0.717) is 4.47 Å². The molecule has 2 aromatic carbocycles. The smallest absolute Gasteiger partial charge is 0.289 e. The standard InChI is InChI=1S/C14H7BrClF3O/c15-11-3-1-2-10(12(11)16)13(20)8-4-6-9(7-5-8)14(17,18)19/h1-7H. The summed E-state index contributed by atoms with van der Waals surface area (Å²) in [6.07, 6.45) is -4.42. The Morgan fingerprint density at radius 1 is 1.05 bits per heavy atom. The molecule has 0 spiro atoms. The van der Waals surface area contributed by atoms with Gasteiger partial charge in [0, 0.05) is 15.6 Å². The zero-order valence-corrected chi connectivity index (χ0v) is 12.2. The van der Waals surface area contributed by atoms with Crippen molar-refractivity contribution in [3.8, 4) is 0 Å². The predicted octanol–water partition coefficient (Wildman–Crippen LogP) is 5.35. The van der Waals surface area contributed by atoms with Gasteiger partial charge in [-0.15, -0.1) is 0 Å². The first-order chi connectivity index (χ1) is 9.30. The molecule has 0 bridgehead atoms. The van der Waals surface area contributed by atoms with E-state index in [1.54, 1.807) is 12.1 Å². The fourth-order valence-electron chi connectivity index (χ4n) is 1.65. The molecule has 0 aliphatic heterocycles. The van der Waals surface area contributed by atoms with Crippen molar-refractivity contribution in [2.75, 3.05) is 0 Å². The first kappa shape index (κ1) is 15.1. The molecule has 104 valence electrons. The Bertz CT molecular complexity index is 650. The summed E-state index contributed by atoms with van der Waals surface area (Å²) < 4.78 is 37.9. The van der Waals surface area contributed by atoms with E-state index in [1.807, 2.05) is 0 Å². The van der Waals surface area contributed by atoms with E-state index in [-0.39, 0.29) is 16.1 Å². The molecule has 0 aromatic heterocycles. The van der Waals surface area contributed by atoms with Crippen LogP contribution in [-0.4, -0.2) is 5.78 Å². The van der Waals surface area contributed by atoms with Gasteiger partial charge >= 0.3 is 6.18 Å². The third-order valence-electron chi connectivity index (χ3n) is 2.67. The Balaban J connectivity index is 2.37. The molecule has 2 rings (SSSR count). The average molecular weight is 364 g/mol. The highest BCUT2D eigenvalue weighted by molar-refractivity contribution is 9.10. The topological polar surface area (TPSA) is 17.1 Å². The molecule has 0 aliphatic carbocycles. The fraction of sp³-hybridized carbons (Fsp3) is 0.0714. The van der Waals surface area contributed by atoms with Crippen LogP contribution in [-0.2, 0) is 6.18 Å². The molecule has 0 aliphatic rings. The van der Waals surface area contributed by atoms with Gasteiger partial charge in [0.05, 0.1) is 10.6 Å². The van der Waals surface area contributed by atoms with Gasteiger partial charge in [-0.05, 0) is 40.2 Å². The largest absolute Gasteiger partial charge is 0.416 e. The number of rotatable bonds is 2. The molecule has 0 unspecified atom stereocenters. The highest BCUT2D eigenvalue weighted by Gasteiger charge is 2.30. The Morgan fingerprint density at radius 3 is 2.20 bits per heavy atom. The normalized spacial score (nSPS) is 11.4. The lowest BCUT2D eigenvalue weighted by molar-refractivity contribution is -0.137. The number of benzene rings is 2. The summed E-state index contributed by atoms with van der Waals surface area (Å²) >= 11 is 9.19. The van der Waals surface area contributed by atoms with Crippen LogP contribution in [0.25, 0.3) is 0 Å². The summed E-state index contributed by atoms with van der Waals surface area (Å²) in [6.45, 7) is 0. The van der Waals surface area contributed by atoms with Crippen molar-refractivity contribution in [1.82, 2.24) is 0 Å². The van der Waals surface area contributed by atoms with Gasteiger partial charge in [-0.3, -0.25) is 4.79 Å². The second-order valence-corrected chi connectivity index (χ2v) is 5.24. The van der Waals surface area contributed by atoms with E-state index in [2.05, 4.69) is 15.9 Å². The summed E-state index contributed by atoms with van der Waals surface area (Å²) in [5, 5.41) is 0.234. The Labute approximate surface area is 126 Å². The molecule has 2 aromatic rings. The molecule has 6 heteroatoms. The van der Waals surface area contributed by atoms with Crippen molar-refractivity contribution in [3.05, 3.63) is 68.7 Å². The minimum Gasteiger partial charge on any atom is -0.289 e. The minimum atomic E-state index is -4.42. The zero-order valence-electron chi connectivity index (χ0n) is 9.84. The van der Waals surface area contributed by atoms with Gasteiger partial charge in [0.15, 0.2) is 5.78 Å². The van der Waals surface area contributed by atoms with Gasteiger partial charge in [-0.25, -0.2) is 0 Å². The lowest BCUT2D eigenvalue weighted by Crippen LogP contribution is -2.07. The third kappa shape index (κ3) is 3.04. The first-order valence-electron chi connectivity index (χ1n) is 5.46. The van der Waals surface area contributed by atoms with Crippen LogP contribution in [0.2, 0.25) is 5.02 Å². The molecule has 0 saturated heterocycles. The highest BCUT2D eigenvalue weighted by Crippen LogP contribution is 2.31. The van der Waals surface area contributed by atoms with Crippen molar-refractivity contribution in [2.24, 2.45) is 0 Å². The number of hydrogen-bond acceptors (Lipinski definition) is 1. The highest BCUT2D eigenvalue weighted by atomic mass is 79.9. The van der Waals surface area contributed by atoms with Crippen molar-refractivity contribution < 1.29 is 18.0 Å². The molecular formula is C14H7BrClF3O. The van der Waals surface area contributed by atoms with E-state index in [4.69, 9.17) is 11.6 Å². The maximum atomic E-state index is 12.4. The first-order valence-corrected chi connectivity index (χ1v) is 6.64. The molecule has 0 saturated carbocycles. The van der Waals surface area contributed by atoms with Gasteiger partial charge in [0.25, 0.3) is 0 Å². The predicted molar refractivity (Wildman–Crippen MR) is 74.0 cm³/mol.